The highest BCUT2D eigenvalue weighted by Crippen LogP contribution is 2.22. The number of hydrogen-bond donors (Lipinski definition) is 1. The number of aryl methyl sites for hydroxylation is 1. The average Bonchev–Trinajstić information content (AvgIpc) is 2.66. The number of benzene rings is 1. The molecule has 0 atom stereocenters. The van der Waals surface area contributed by atoms with Gasteiger partial charge in [-0.25, -0.2) is 18.4 Å². The molecule has 1 fully saturated rings. The summed E-state index contributed by atoms with van der Waals surface area (Å²) in [5, 5.41) is 14.2. The Hall–Kier alpha value is -2.59. The molecule has 0 bridgehead atoms. The quantitative estimate of drug-likeness (QED) is 0.421. The van der Waals surface area contributed by atoms with E-state index in [1.54, 1.807) is 12.1 Å². The lowest BCUT2D eigenvalue weighted by Gasteiger charge is -2.26. The van der Waals surface area contributed by atoms with Gasteiger partial charge in [0.1, 0.15) is 5.82 Å². The Morgan fingerprint density at radius 3 is 2.68 bits per heavy atom. The van der Waals surface area contributed by atoms with Crippen LogP contribution in [0.4, 0.5) is 11.5 Å². The first kappa shape index (κ1) is 20.2. The molecule has 2 heterocycles. The molecule has 1 aromatic carbocycles. The zero-order valence-corrected chi connectivity index (χ0v) is 16.5. The van der Waals surface area contributed by atoms with Crippen molar-refractivity contribution in [3.63, 3.8) is 0 Å². The lowest BCUT2D eigenvalue weighted by molar-refractivity contribution is -0.384. The average molecular weight is 405 g/mol. The van der Waals surface area contributed by atoms with Crippen molar-refractivity contribution >= 4 is 21.3 Å². The van der Waals surface area contributed by atoms with Gasteiger partial charge in [0.25, 0.3) is 5.69 Å². The Morgan fingerprint density at radius 1 is 1.21 bits per heavy atom. The number of non-ortho nitro benzene ring substituents is 1. The topological polar surface area (TPSA) is 118 Å². The molecule has 0 radical (unpaired) electrons. The van der Waals surface area contributed by atoms with Crippen LogP contribution in [0, 0.1) is 17.0 Å². The van der Waals surface area contributed by atoms with Crippen molar-refractivity contribution in [1.82, 2.24) is 14.9 Å². The summed E-state index contributed by atoms with van der Waals surface area (Å²) in [5.41, 5.74) is 1.36. The van der Waals surface area contributed by atoms with Crippen molar-refractivity contribution in [2.24, 2.45) is 0 Å². The van der Waals surface area contributed by atoms with Crippen LogP contribution in [0.1, 0.15) is 12.1 Å². The fraction of sp³-hybridized carbons (Fsp3) is 0.444. The maximum Gasteiger partial charge on any atom is 0.270 e. The molecule has 1 aliphatic rings. The summed E-state index contributed by atoms with van der Waals surface area (Å²) >= 11 is 0. The number of nitro groups is 1. The minimum atomic E-state index is -2.85. The Labute approximate surface area is 163 Å². The summed E-state index contributed by atoms with van der Waals surface area (Å²) in [4.78, 5) is 21.5. The highest BCUT2D eigenvalue weighted by molar-refractivity contribution is 7.91. The molecule has 150 valence electrons. The largest absolute Gasteiger partial charge is 0.370 e. The van der Waals surface area contributed by atoms with Gasteiger partial charge in [-0.1, -0.05) is 12.1 Å². The Morgan fingerprint density at radius 2 is 1.96 bits per heavy atom. The minimum Gasteiger partial charge on any atom is -0.370 e. The highest BCUT2D eigenvalue weighted by Gasteiger charge is 2.20. The summed E-state index contributed by atoms with van der Waals surface area (Å²) in [6, 6.07) is 8.09. The van der Waals surface area contributed by atoms with Gasteiger partial charge in [0.15, 0.2) is 15.7 Å². The van der Waals surface area contributed by atoms with Crippen molar-refractivity contribution < 1.29 is 13.3 Å². The first-order chi connectivity index (χ1) is 13.3. The SMILES string of the molecule is Cc1cc(NCCCN2CCS(=O)(=O)CC2)nc(-c2cccc([N+](=O)[O-])c2)n1. The molecule has 1 aromatic heterocycles. The molecule has 0 amide bonds. The van der Waals surface area contributed by atoms with E-state index in [4.69, 9.17) is 0 Å². The Bertz CT molecular complexity index is 950. The van der Waals surface area contributed by atoms with Crippen LogP contribution in [0.15, 0.2) is 30.3 Å². The first-order valence-electron chi connectivity index (χ1n) is 9.09. The highest BCUT2D eigenvalue weighted by atomic mass is 32.2. The number of hydrogen-bond acceptors (Lipinski definition) is 8. The number of nitrogens with zero attached hydrogens (tertiary/aromatic N) is 4. The molecule has 9 nitrogen and oxygen atoms in total. The van der Waals surface area contributed by atoms with E-state index < -0.39 is 14.8 Å². The number of rotatable bonds is 7. The molecule has 2 aromatic rings. The van der Waals surface area contributed by atoms with Gasteiger partial charge in [0, 0.05) is 49.1 Å². The van der Waals surface area contributed by atoms with E-state index in [1.807, 2.05) is 13.0 Å². The van der Waals surface area contributed by atoms with Gasteiger partial charge in [-0.2, -0.15) is 0 Å². The summed E-state index contributed by atoms with van der Waals surface area (Å²) < 4.78 is 22.9. The lowest BCUT2D eigenvalue weighted by Crippen LogP contribution is -2.41. The van der Waals surface area contributed by atoms with Crippen molar-refractivity contribution in [2.75, 3.05) is 43.0 Å². The zero-order valence-electron chi connectivity index (χ0n) is 15.7. The smallest absolute Gasteiger partial charge is 0.270 e. The number of nitro benzene ring substituents is 1. The molecule has 1 N–H and O–H groups in total. The third-order valence-corrected chi connectivity index (χ3v) is 6.17. The van der Waals surface area contributed by atoms with Gasteiger partial charge in [-0.05, 0) is 19.9 Å². The number of nitrogens with one attached hydrogen (secondary N) is 1. The molecule has 10 heteroatoms. The van der Waals surface area contributed by atoms with Gasteiger partial charge >= 0.3 is 0 Å². The molecule has 3 rings (SSSR count). The van der Waals surface area contributed by atoms with Gasteiger partial charge in [-0.15, -0.1) is 0 Å². The minimum absolute atomic E-state index is 0.000612. The van der Waals surface area contributed by atoms with Crippen LogP contribution in [-0.2, 0) is 9.84 Å². The zero-order chi connectivity index (χ0) is 20.1. The molecular weight excluding hydrogens is 382 g/mol. The maximum atomic E-state index is 11.5. The van der Waals surface area contributed by atoms with Crippen molar-refractivity contribution in [2.45, 2.75) is 13.3 Å². The van der Waals surface area contributed by atoms with Crippen LogP contribution in [0.25, 0.3) is 11.4 Å². The second-order valence-corrected chi connectivity index (χ2v) is 9.10. The second-order valence-electron chi connectivity index (χ2n) is 6.80. The van der Waals surface area contributed by atoms with Crippen LogP contribution >= 0.6 is 0 Å². The van der Waals surface area contributed by atoms with Crippen LogP contribution in [-0.4, -0.2) is 65.9 Å². The van der Waals surface area contributed by atoms with Gasteiger partial charge < -0.3 is 10.2 Å². The number of anilines is 1. The van der Waals surface area contributed by atoms with E-state index in [2.05, 4.69) is 20.2 Å². The predicted molar refractivity (Wildman–Crippen MR) is 107 cm³/mol. The van der Waals surface area contributed by atoms with E-state index in [9.17, 15) is 18.5 Å². The lowest BCUT2D eigenvalue weighted by atomic mass is 10.2. The fourth-order valence-corrected chi connectivity index (χ4v) is 4.32. The van der Waals surface area contributed by atoms with Crippen LogP contribution < -0.4 is 5.32 Å². The fourth-order valence-electron chi connectivity index (χ4n) is 3.04. The van der Waals surface area contributed by atoms with Crippen molar-refractivity contribution in [1.29, 1.82) is 0 Å². The standard InChI is InChI=1S/C18H23N5O4S/c1-14-12-17(19-6-3-7-22-8-10-28(26,27)11-9-22)21-18(20-14)15-4-2-5-16(13-15)23(24)25/h2,4-5,12-13H,3,6-11H2,1H3,(H,19,20,21). The number of sulfone groups is 1. The Balaban J connectivity index is 1.58. The molecule has 0 aliphatic carbocycles. The summed E-state index contributed by atoms with van der Waals surface area (Å²) in [7, 11) is -2.85. The van der Waals surface area contributed by atoms with Crippen LogP contribution in [0.2, 0.25) is 0 Å². The second kappa shape index (κ2) is 8.61. The van der Waals surface area contributed by atoms with Crippen LogP contribution in [0.3, 0.4) is 0 Å². The molecule has 0 spiro atoms. The predicted octanol–water partition coefficient (Wildman–Crippen LogP) is 1.89. The normalized spacial score (nSPS) is 16.6. The van der Waals surface area contributed by atoms with E-state index in [1.165, 1.54) is 12.1 Å². The van der Waals surface area contributed by atoms with Crippen molar-refractivity contribution in [3.8, 4) is 11.4 Å². The number of aromatic nitrogens is 2. The third kappa shape index (κ3) is 5.46. The van der Waals surface area contributed by atoms with E-state index in [0.29, 0.717) is 36.8 Å². The maximum absolute atomic E-state index is 11.5. The molecule has 28 heavy (non-hydrogen) atoms. The van der Waals surface area contributed by atoms with E-state index in [-0.39, 0.29) is 17.2 Å². The van der Waals surface area contributed by atoms with Crippen molar-refractivity contribution in [3.05, 3.63) is 46.1 Å². The van der Waals surface area contributed by atoms with Gasteiger partial charge in [0.05, 0.1) is 16.4 Å². The Kier molecular flexibility index (Phi) is 6.20. The molecule has 0 unspecified atom stereocenters. The van der Waals surface area contributed by atoms with Crippen LogP contribution in [0.5, 0.6) is 0 Å². The molecule has 1 aliphatic heterocycles. The monoisotopic (exact) mass is 405 g/mol. The molecule has 1 saturated heterocycles. The van der Waals surface area contributed by atoms with Gasteiger partial charge in [-0.3, -0.25) is 10.1 Å². The molecular formula is C18H23N5O4S. The first-order valence-corrected chi connectivity index (χ1v) is 10.9. The van der Waals surface area contributed by atoms with E-state index >= 15 is 0 Å². The molecule has 0 saturated carbocycles. The third-order valence-electron chi connectivity index (χ3n) is 4.56. The summed E-state index contributed by atoms with van der Waals surface area (Å²) in [6.45, 7) is 4.54. The summed E-state index contributed by atoms with van der Waals surface area (Å²) in [5.74, 6) is 1.57. The van der Waals surface area contributed by atoms with Gasteiger partial charge in [0.2, 0.25) is 0 Å². The summed E-state index contributed by atoms with van der Waals surface area (Å²) in [6.07, 6.45) is 0.856. The van der Waals surface area contributed by atoms with E-state index in [0.717, 1.165) is 18.7 Å².